The zero-order valence-corrected chi connectivity index (χ0v) is 22.1. The lowest BCUT2D eigenvalue weighted by Gasteiger charge is -2.15. The smallest absolute Gasteiger partial charge is 0.339 e. The Morgan fingerprint density at radius 3 is 2.29 bits per heavy atom. The van der Waals surface area contributed by atoms with E-state index in [4.69, 9.17) is 18.4 Å². The summed E-state index contributed by atoms with van der Waals surface area (Å²) in [6.07, 6.45) is 1.66. The molecule has 0 bridgehead atoms. The summed E-state index contributed by atoms with van der Waals surface area (Å²) in [4.78, 5) is 0.0293. The van der Waals surface area contributed by atoms with Gasteiger partial charge in [-0.15, -0.1) is 0 Å². The van der Waals surface area contributed by atoms with Crippen molar-refractivity contribution in [2.75, 3.05) is 20.8 Å². The van der Waals surface area contributed by atoms with Crippen molar-refractivity contribution in [3.05, 3.63) is 75.8 Å². The molecule has 182 valence electrons. The zero-order valence-electron chi connectivity index (χ0n) is 19.7. The highest BCUT2D eigenvalue weighted by molar-refractivity contribution is 9.10. The van der Waals surface area contributed by atoms with Crippen molar-refractivity contribution in [2.45, 2.75) is 18.7 Å². The Bertz CT molecular complexity index is 1390. The predicted molar refractivity (Wildman–Crippen MR) is 137 cm³/mol. The number of halogens is 1. The molecule has 3 aromatic carbocycles. The van der Waals surface area contributed by atoms with Crippen LogP contribution in [0, 0.1) is 18.3 Å². The van der Waals surface area contributed by atoms with Gasteiger partial charge in [-0.1, -0.05) is 17.7 Å². The van der Waals surface area contributed by atoms with Crippen molar-refractivity contribution < 1.29 is 26.8 Å². The van der Waals surface area contributed by atoms with Crippen LogP contribution in [0.5, 0.6) is 23.0 Å². The molecule has 0 aliphatic heterocycles. The minimum Gasteiger partial charge on any atom is -0.493 e. The van der Waals surface area contributed by atoms with Gasteiger partial charge in [-0.3, -0.25) is 0 Å². The zero-order chi connectivity index (χ0) is 25.6. The average molecular weight is 558 g/mol. The molecule has 0 aromatic heterocycles. The lowest BCUT2D eigenvalue weighted by Crippen LogP contribution is -2.11. The molecular weight excluding hydrogens is 534 g/mol. The van der Waals surface area contributed by atoms with Gasteiger partial charge in [0.1, 0.15) is 4.90 Å². The van der Waals surface area contributed by atoms with Gasteiger partial charge in [0.05, 0.1) is 36.9 Å². The summed E-state index contributed by atoms with van der Waals surface area (Å²) in [5.41, 5.74) is 2.52. The molecule has 9 heteroatoms. The van der Waals surface area contributed by atoms with Crippen molar-refractivity contribution in [1.82, 2.24) is 0 Å². The molecule has 0 unspecified atom stereocenters. The van der Waals surface area contributed by atoms with E-state index in [0.29, 0.717) is 32.7 Å². The number of ether oxygens (including phenoxy) is 3. The summed E-state index contributed by atoms with van der Waals surface area (Å²) >= 11 is 3.40. The van der Waals surface area contributed by atoms with Crippen molar-refractivity contribution in [3.8, 4) is 29.1 Å². The van der Waals surface area contributed by atoms with E-state index in [-0.39, 0.29) is 23.0 Å². The summed E-state index contributed by atoms with van der Waals surface area (Å²) in [7, 11) is -1.04. The topological polar surface area (TPSA) is 94.8 Å². The number of aryl methyl sites for hydroxylation is 1. The number of methoxy groups -OCH3 is 2. The molecule has 3 aromatic rings. The third kappa shape index (κ3) is 6.15. The molecule has 35 heavy (non-hydrogen) atoms. The van der Waals surface area contributed by atoms with E-state index in [9.17, 15) is 13.7 Å². The Balaban J connectivity index is 2.03. The van der Waals surface area contributed by atoms with Crippen LogP contribution in [0.25, 0.3) is 11.6 Å². The van der Waals surface area contributed by atoms with Gasteiger partial charge in [-0.2, -0.15) is 13.7 Å². The van der Waals surface area contributed by atoms with Gasteiger partial charge in [0.25, 0.3) is 0 Å². The molecule has 0 saturated heterocycles. The van der Waals surface area contributed by atoms with Gasteiger partial charge in [0.2, 0.25) is 0 Å². The maximum absolute atomic E-state index is 12.9. The van der Waals surface area contributed by atoms with Crippen LogP contribution in [0.1, 0.15) is 23.6 Å². The first-order chi connectivity index (χ1) is 16.7. The third-order valence-electron chi connectivity index (χ3n) is 4.96. The van der Waals surface area contributed by atoms with Crippen LogP contribution in [0.3, 0.4) is 0 Å². The first-order valence-electron chi connectivity index (χ1n) is 10.5. The largest absolute Gasteiger partial charge is 0.493 e. The number of allylic oxidation sites excluding steroid dienone is 1. The fourth-order valence-electron chi connectivity index (χ4n) is 3.23. The van der Waals surface area contributed by atoms with Crippen LogP contribution < -0.4 is 18.4 Å². The molecule has 3 rings (SSSR count). The highest BCUT2D eigenvalue weighted by atomic mass is 79.9. The number of hydrogen-bond acceptors (Lipinski definition) is 7. The SMILES string of the molecule is CCOc1cc(/C=C(\C#N)c2ccc(OC)c(OC)c2)cc(Br)c1OS(=O)(=O)c1ccc(C)cc1. The monoisotopic (exact) mass is 557 g/mol. The summed E-state index contributed by atoms with van der Waals surface area (Å²) in [6.45, 7) is 3.92. The van der Waals surface area contributed by atoms with Gasteiger partial charge in [0.15, 0.2) is 23.0 Å². The second-order valence-corrected chi connectivity index (χ2v) is 9.75. The van der Waals surface area contributed by atoms with E-state index in [0.717, 1.165) is 5.56 Å². The normalized spacial score (nSPS) is 11.5. The van der Waals surface area contributed by atoms with Crippen LogP contribution in [0.2, 0.25) is 0 Å². The van der Waals surface area contributed by atoms with Crippen LogP contribution in [0.15, 0.2) is 64.0 Å². The van der Waals surface area contributed by atoms with Gasteiger partial charge in [0, 0.05) is 0 Å². The van der Waals surface area contributed by atoms with Crippen LogP contribution in [-0.4, -0.2) is 29.2 Å². The minimum atomic E-state index is -4.09. The Kier molecular flexibility index (Phi) is 8.43. The molecular formula is C26H24BrNO6S. The highest BCUT2D eigenvalue weighted by Crippen LogP contribution is 2.40. The van der Waals surface area contributed by atoms with Gasteiger partial charge >= 0.3 is 10.1 Å². The molecule has 0 heterocycles. The van der Waals surface area contributed by atoms with E-state index in [1.54, 1.807) is 55.5 Å². The number of rotatable bonds is 9. The van der Waals surface area contributed by atoms with E-state index in [1.165, 1.54) is 26.4 Å². The van der Waals surface area contributed by atoms with E-state index >= 15 is 0 Å². The Hall–Kier alpha value is -3.48. The lowest BCUT2D eigenvalue weighted by molar-refractivity contribution is 0.327. The Morgan fingerprint density at radius 2 is 1.69 bits per heavy atom. The minimum absolute atomic E-state index is 0.0224. The summed E-state index contributed by atoms with van der Waals surface area (Å²) in [6, 6.07) is 17.0. The Labute approximate surface area is 213 Å². The van der Waals surface area contributed by atoms with Crippen molar-refractivity contribution in [3.63, 3.8) is 0 Å². The molecule has 0 N–H and O–H groups in total. The molecule has 0 aliphatic rings. The van der Waals surface area contributed by atoms with Gasteiger partial charge in [-0.05, 0) is 89.4 Å². The standard InChI is InChI=1S/C26H24BrNO6S/c1-5-33-25-14-18(12-20(16-28)19-8-11-23(31-3)24(15-19)32-4)13-22(27)26(25)34-35(29,30)21-9-6-17(2)7-10-21/h6-15H,5H2,1-4H3/b20-12+. The van der Waals surface area contributed by atoms with Crippen molar-refractivity contribution in [1.29, 1.82) is 5.26 Å². The van der Waals surface area contributed by atoms with Gasteiger partial charge in [-0.25, -0.2) is 0 Å². The van der Waals surface area contributed by atoms with Crippen LogP contribution in [-0.2, 0) is 10.1 Å². The first-order valence-corrected chi connectivity index (χ1v) is 12.7. The maximum Gasteiger partial charge on any atom is 0.339 e. The van der Waals surface area contributed by atoms with Crippen molar-refractivity contribution >= 4 is 37.7 Å². The summed E-state index contributed by atoms with van der Waals surface area (Å²) in [5, 5.41) is 9.79. The molecule has 0 atom stereocenters. The number of benzene rings is 3. The molecule has 0 aliphatic carbocycles. The molecule has 0 radical (unpaired) electrons. The first kappa shape index (κ1) is 26.1. The number of nitriles is 1. The van der Waals surface area contributed by atoms with E-state index in [2.05, 4.69) is 22.0 Å². The fourth-order valence-corrected chi connectivity index (χ4v) is 4.83. The number of nitrogens with zero attached hydrogens (tertiary/aromatic N) is 1. The second-order valence-electron chi connectivity index (χ2n) is 7.35. The van der Waals surface area contributed by atoms with Crippen molar-refractivity contribution in [2.24, 2.45) is 0 Å². The molecule has 0 saturated carbocycles. The maximum atomic E-state index is 12.9. The van der Waals surface area contributed by atoms with E-state index < -0.39 is 10.1 Å². The quantitative estimate of drug-likeness (QED) is 0.181. The molecule has 0 spiro atoms. The molecule has 0 amide bonds. The summed E-state index contributed by atoms with van der Waals surface area (Å²) < 4.78 is 47.8. The predicted octanol–water partition coefficient (Wildman–Crippen LogP) is 6.01. The van der Waals surface area contributed by atoms with Crippen LogP contribution >= 0.6 is 15.9 Å². The van der Waals surface area contributed by atoms with E-state index in [1.807, 2.05) is 6.92 Å². The number of hydrogen-bond donors (Lipinski definition) is 0. The van der Waals surface area contributed by atoms with Crippen LogP contribution in [0.4, 0.5) is 0 Å². The Morgan fingerprint density at radius 1 is 1.00 bits per heavy atom. The molecule has 7 nitrogen and oxygen atoms in total. The summed E-state index contributed by atoms with van der Waals surface area (Å²) in [5.74, 6) is 1.28. The fraction of sp³-hybridized carbons (Fsp3) is 0.192. The second kappa shape index (κ2) is 11.3. The average Bonchev–Trinajstić information content (AvgIpc) is 2.84. The highest BCUT2D eigenvalue weighted by Gasteiger charge is 2.22. The third-order valence-corrected chi connectivity index (χ3v) is 6.79. The lowest BCUT2D eigenvalue weighted by atomic mass is 10.0. The molecule has 0 fully saturated rings. The van der Waals surface area contributed by atoms with Gasteiger partial charge < -0.3 is 18.4 Å².